The summed E-state index contributed by atoms with van der Waals surface area (Å²) in [6.45, 7) is 0.0622. The highest BCUT2D eigenvalue weighted by Crippen LogP contribution is 2.18. The number of piperidine rings is 1. The van der Waals surface area contributed by atoms with Gasteiger partial charge in [0.1, 0.15) is 0 Å². The maximum absolute atomic E-state index is 12.8. The van der Waals surface area contributed by atoms with Gasteiger partial charge >= 0.3 is 0 Å². The molecule has 0 amide bonds. The van der Waals surface area contributed by atoms with Gasteiger partial charge in [0.2, 0.25) is 0 Å². The minimum Gasteiger partial charge on any atom is -0.268 e. The highest BCUT2D eigenvalue weighted by molar-refractivity contribution is 4.69. The fourth-order valence-corrected chi connectivity index (χ4v) is 1.33. The number of likely N-dealkylation sites (tertiary alicyclic amines) is 1. The lowest BCUT2D eigenvalue weighted by Crippen LogP contribution is -2.39. The Balaban J connectivity index is 2.29. The normalized spacial score (nSPS) is 27.8. The molecule has 0 aromatic carbocycles. The molecular weight excluding hydrogens is 155 g/mol. The summed E-state index contributed by atoms with van der Waals surface area (Å²) in [5, 5.41) is 0. The zero-order valence-electron chi connectivity index (χ0n) is 6.27. The van der Waals surface area contributed by atoms with Crippen molar-refractivity contribution < 1.29 is 13.2 Å². The number of rotatable bonds is 2. The van der Waals surface area contributed by atoms with Crippen LogP contribution < -0.4 is 0 Å². The van der Waals surface area contributed by atoms with E-state index in [1.165, 1.54) is 4.90 Å². The first-order valence-corrected chi connectivity index (χ1v) is 3.86. The Morgan fingerprint density at radius 1 is 1.36 bits per heavy atom. The van der Waals surface area contributed by atoms with Crippen LogP contribution >= 0.6 is 0 Å². The second-order valence-corrected chi connectivity index (χ2v) is 2.82. The van der Waals surface area contributed by atoms with E-state index in [1.54, 1.807) is 0 Å². The van der Waals surface area contributed by atoms with Crippen LogP contribution in [0.15, 0.2) is 0 Å². The summed E-state index contributed by atoms with van der Waals surface area (Å²) >= 11 is 0. The third-order valence-electron chi connectivity index (χ3n) is 1.91. The third kappa shape index (κ3) is 2.69. The quantitative estimate of drug-likeness (QED) is 0.569. The van der Waals surface area contributed by atoms with Crippen LogP contribution in [0.1, 0.15) is 19.3 Å². The SMILES string of the molecule is FC(F)CN1CCCCC1F. The molecule has 1 atom stereocenters. The van der Waals surface area contributed by atoms with Crippen molar-refractivity contribution in [2.45, 2.75) is 32.0 Å². The van der Waals surface area contributed by atoms with Crippen LogP contribution in [0.3, 0.4) is 0 Å². The number of halogens is 3. The average molecular weight is 167 g/mol. The molecule has 1 nitrogen and oxygen atoms in total. The lowest BCUT2D eigenvalue weighted by Gasteiger charge is -2.29. The van der Waals surface area contributed by atoms with Crippen molar-refractivity contribution in [3.8, 4) is 0 Å². The van der Waals surface area contributed by atoms with E-state index in [2.05, 4.69) is 0 Å². The van der Waals surface area contributed by atoms with Crippen LogP contribution in [0.25, 0.3) is 0 Å². The monoisotopic (exact) mass is 167 g/mol. The molecule has 0 aliphatic carbocycles. The highest BCUT2D eigenvalue weighted by Gasteiger charge is 2.23. The van der Waals surface area contributed by atoms with Gasteiger partial charge < -0.3 is 0 Å². The zero-order chi connectivity index (χ0) is 8.27. The summed E-state index contributed by atoms with van der Waals surface area (Å²) in [5.74, 6) is 0. The number of nitrogens with zero attached hydrogens (tertiary/aromatic N) is 1. The predicted molar refractivity (Wildman–Crippen MR) is 36.3 cm³/mol. The van der Waals surface area contributed by atoms with E-state index >= 15 is 0 Å². The molecule has 0 aromatic heterocycles. The van der Waals surface area contributed by atoms with Crippen molar-refractivity contribution in [3.05, 3.63) is 0 Å². The van der Waals surface area contributed by atoms with Crippen LogP contribution in [-0.2, 0) is 0 Å². The van der Waals surface area contributed by atoms with E-state index in [4.69, 9.17) is 0 Å². The summed E-state index contributed by atoms with van der Waals surface area (Å²) in [6.07, 6.45) is -1.48. The van der Waals surface area contributed by atoms with E-state index in [-0.39, 0.29) is 0 Å². The molecule has 0 spiro atoms. The second-order valence-electron chi connectivity index (χ2n) is 2.82. The highest BCUT2D eigenvalue weighted by atomic mass is 19.3. The minimum absolute atomic E-state index is 0.409. The molecule has 0 saturated carbocycles. The van der Waals surface area contributed by atoms with Gasteiger partial charge in [-0.2, -0.15) is 0 Å². The summed E-state index contributed by atoms with van der Waals surface area (Å²) in [4.78, 5) is 1.22. The summed E-state index contributed by atoms with van der Waals surface area (Å²) in [7, 11) is 0. The Kier molecular flexibility index (Phi) is 3.17. The molecule has 1 aliphatic rings. The van der Waals surface area contributed by atoms with Crippen molar-refractivity contribution in [2.75, 3.05) is 13.1 Å². The van der Waals surface area contributed by atoms with Crippen molar-refractivity contribution >= 4 is 0 Å². The average Bonchev–Trinajstić information content (AvgIpc) is 1.93. The molecule has 1 saturated heterocycles. The van der Waals surface area contributed by atoms with Crippen LogP contribution in [0.2, 0.25) is 0 Å². The van der Waals surface area contributed by atoms with Gasteiger partial charge in [0.25, 0.3) is 6.43 Å². The first-order chi connectivity index (χ1) is 5.20. The zero-order valence-corrected chi connectivity index (χ0v) is 6.27. The summed E-state index contributed by atoms with van der Waals surface area (Å²) < 4.78 is 36.4. The molecule has 1 unspecified atom stereocenters. The van der Waals surface area contributed by atoms with Crippen LogP contribution in [0.5, 0.6) is 0 Å². The molecule has 1 fully saturated rings. The topological polar surface area (TPSA) is 3.24 Å². The molecule has 0 radical (unpaired) electrons. The lowest BCUT2D eigenvalue weighted by atomic mass is 10.1. The molecule has 1 rings (SSSR count). The van der Waals surface area contributed by atoms with E-state index in [0.717, 1.165) is 12.8 Å². The smallest absolute Gasteiger partial charge is 0.251 e. The molecule has 0 bridgehead atoms. The number of alkyl halides is 3. The molecule has 0 aromatic rings. The fraction of sp³-hybridized carbons (Fsp3) is 1.00. The Hall–Kier alpha value is -0.250. The van der Waals surface area contributed by atoms with Crippen molar-refractivity contribution in [1.29, 1.82) is 0 Å². The van der Waals surface area contributed by atoms with Gasteiger partial charge in [-0.1, -0.05) is 0 Å². The van der Waals surface area contributed by atoms with Crippen molar-refractivity contribution in [1.82, 2.24) is 4.90 Å². The van der Waals surface area contributed by atoms with Gasteiger partial charge in [0, 0.05) is 6.54 Å². The number of hydrogen-bond donors (Lipinski definition) is 0. The maximum Gasteiger partial charge on any atom is 0.251 e. The first kappa shape index (κ1) is 8.84. The summed E-state index contributed by atoms with van der Waals surface area (Å²) in [5.41, 5.74) is 0. The molecule has 66 valence electrons. The van der Waals surface area contributed by atoms with E-state index in [1.807, 2.05) is 0 Å². The second kappa shape index (κ2) is 3.95. The molecule has 11 heavy (non-hydrogen) atoms. The van der Waals surface area contributed by atoms with Gasteiger partial charge in [0.15, 0.2) is 6.30 Å². The lowest BCUT2D eigenvalue weighted by molar-refractivity contribution is -0.00280. The third-order valence-corrected chi connectivity index (χ3v) is 1.91. The van der Waals surface area contributed by atoms with Gasteiger partial charge in [-0.3, -0.25) is 4.90 Å². The van der Waals surface area contributed by atoms with Gasteiger partial charge in [-0.25, -0.2) is 13.2 Å². The summed E-state index contributed by atoms with van der Waals surface area (Å²) in [6, 6.07) is 0. The van der Waals surface area contributed by atoms with Gasteiger partial charge in [-0.05, 0) is 19.3 Å². The van der Waals surface area contributed by atoms with Crippen molar-refractivity contribution in [2.24, 2.45) is 0 Å². The molecular formula is C7H12F3N. The van der Waals surface area contributed by atoms with Crippen LogP contribution in [0.4, 0.5) is 13.2 Å². The Morgan fingerprint density at radius 3 is 2.64 bits per heavy atom. The van der Waals surface area contributed by atoms with Crippen LogP contribution in [-0.4, -0.2) is 30.7 Å². The van der Waals surface area contributed by atoms with E-state index in [9.17, 15) is 13.2 Å². The standard InChI is InChI=1S/C7H12F3N/c8-6(9)5-11-4-2-1-3-7(11)10/h6-7H,1-5H2. The minimum atomic E-state index is -2.41. The predicted octanol–water partition coefficient (Wildman–Crippen LogP) is 2.03. The molecule has 1 heterocycles. The molecule has 4 heteroatoms. The largest absolute Gasteiger partial charge is 0.268 e. The van der Waals surface area contributed by atoms with Crippen molar-refractivity contribution in [3.63, 3.8) is 0 Å². The fourth-order valence-electron chi connectivity index (χ4n) is 1.33. The first-order valence-electron chi connectivity index (χ1n) is 3.86. The molecule has 0 N–H and O–H groups in total. The van der Waals surface area contributed by atoms with Gasteiger partial charge in [0.05, 0.1) is 6.54 Å². The van der Waals surface area contributed by atoms with Gasteiger partial charge in [-0.15, -0.1) is 0 Å². The maximum atomic E-state index is 12.8. The number of hydrogen-bond acceptors (Lipinski definition) is 1. The Morgan fingerprint density at radius 2 is 2.09 bits per heavy atom. The molecule has 1 aliphatic heterocycles. The Labute approximate surface area is 64.2 Å². The van der Waals surface area contributed by atoms with Crippen LogP contribution in [0, 0.1) is 0 Å². The van der Waals surface area contributed by atoms with E-state index in [0.29, 0.717) is 13.0 Å². The van der Waals surface area contributed by atoms with E-state index < -0.39 is 19.3 Å². The Bertz CT molecular complexity index is 118.